The predicted molar refractivity (Wildman–Crippen MR) is 89.0 cm³/mol. The van der Waals surface area contributed by atoms with E-state index >= 15 is 0 Å². The predicted octanol–water partition coefficient (Wildman–Crippen LogP) is 2.50. The molecule has 0 radical (unpaired) electrons. The van der Waals surface area contributed by atoms with Crippen LogP contribution >= 0.6 is 0 Å². The molecule has 0 spiro atoms. The van der Waals surface area contributed by atoms with Crippen LogP contribution < -0.4 is 5.73 Å². The number of nitrogens with zero attached hydrogens (tertiary/aromatic N) is 3. The number of rotatable bonds is 5. The number of likely N-dealkylation sites (tertiary alicyclic amines) is 1. The SMILES string of the molecule is NC[C@@H]1CN(Cc2nc(-c3ccco3)no2)C[C@H]1c1ccccc1. The summed E-state index contributed by atoms with van der Waals surface area (Å²) in [6.07, 6.45) is 1.60. The summed E-state index contributed by atoms with van der Waals surface area (Å²) in [6.45, 7) is 3.20. The van der Waals surface area contributed by atoms with Gasteiger partial charge in [-0.05, 0) is 30.2 Å². The van der Waals surface area contributed by atoms with Crippen LogP contribution in [-0.2, 0) is 6.54 Å². The van der Waals surface area contributed by atoms with Gasteiger partial charge in [-0.25, -0.2) is 0 Å². The molecule has 0 aliphatic carbocycles. The molecule has 6 heteroatoms. The van der Waals surface area contributed by atoms with E-state index in [1.807, 2.05) is 18.2 Å². The van der Waals surface area contributed by atoms with Crippen LogP contribution in [0.1, 0.15) is 17.4 Å². The number of aromatic nitrogens is 2. The Morgan fingerprint density at radius 2 is 2.00 bits per heavy atom. The average Bonchev–Trinajstić information content (AvgIpc) is 3.36. The molecule has 1 aliphatic heterocycles. The number of hydrogen-bond acceptors (Lipinski definition) is 6. The molecule has 0 unspecified atom stereocenters. The third-order valence-corrected chi connectivity index (χ3v) is 4.62. The van der Waals surface area contributed by atoms with Gasteiger partial charge in [0.05, 0.1) is 12.8 Å². The molecule has 3 heterocycles. The van der Waals surface area contributed by atoms with E-state index in [0.717, 1.165) is 13.1 Å². The van der Waals surface area contributed by atoms with Gasteiger partial charge in [0.1, 0.15) is 0 Å². The molecule has 1 aromatic carbocycles. The lowest BCUT2D eigenvalue weighted by Gasteiger charge is -2.16. The second-order valence-electron chi connectivity index (χ2n) is 6.20. The Bertz CT molecular complexity index is 769. The fourth-order valence-corrected chi connectivity index (χ4v) is 3.42. The summed E-state index contributed by atoms with van der Waals surface area (Å²) in [5, 5.41) is 3.99. The number of hydrogen-bond donors (Lipinski definition) is 1. The highest BCUT2D eigenvalue weighted by molar-refractivity contribution is 5.44. The Hall–Kier alpha value is -2.44. The zero-order valence-corrected chi connectivity index (χ0v) is 13.3. The van der Waals surface area contributed by atoms with Crippen LogP contribution in [0.2, 0.25) is 0 Å². The molecule has 0 saturated carbocycles. The molecule has 6 nitrogen and oxygen atoms in total. The van der Waals surface area contributed by atoms with E-state index in [4.69, 9.17) is 14.7 Å². The van der Waals surface area contributed by atoms with Gasteiger partial charge >= 0.3 is 0 Å². The molecule has 1 aliphatic rings. The van der Waals surface area contributed by atoms with E-state index in [0.29, 0.717) is 42.4 Å². The second-order valence-corrected chi connectivity index (χ2v) is 6.20. The van der Waals surface area contributed by atoms with Gasteiger partial charge in [0.15, 0.2) is 5.76 Å². The summed E-state index contributed by atoms with van der Waals surface area (Å²) >= 11 is 0. The smallest absolute Gasteiger partial charge is 0.241 e. The summed E-state index contributed by atoms with van der Waals surface area (Å²) in [4.78, 5) is 6.75. The Morgan fingerprint density at radius 3 is 2.75 bits per heavy atom. The van der Waals surface area contributed by atoms with Crippen LogP contribution in [0.4, 0.5) is 0 Å². The van der Waals surface area contributed by atoms with Crippen molar-refractivity contribution in [3.63, 3.8) is 0 Å². The standard InChI is InChI=1S/C18H20N4O2/c19-9-14-10-22(11-15(14)13-5-2-1-3-6-13)12-17-20-18(21-24-17)16-7-4-8-23-16/h1-8,14-15H,9-12,19H2/t14-,15+/m1/s1. The first-order valence-electron chi connectivity index (χ1n) is 8.17. The third-order valence-electron chi connectivity index (χ3n) is 4.62. The number of furan rings is 1. The Morgan fingerprint density at radius 1 is 1.12 bits per heavy atom. The molecule has 1 saturated heterocycles. The molecule has 2 N–H and O–H groups in total. The monoisotopic (exact) mass is 324 g/mol. The van der Waals surface area contributed by atoms with E-state index < -0.39 is 0 Å². The summed E-state index contributed by atoms with van der Waals surface area (Å²) in [5.74, 6) is 2.60. The Balaban J connectivity index is 1.46. The maximum atomic E-state index is 5.99. The van der Waals surface area contributed by atoms with Crippen LogP contribution in [0.5, 0.6) is 0 Å². The maximum absolute atomic E-state index is 5.99. The van der Waals surface area contributed by atoms with E-state index in [9.17, 15) is 0 Å². The minimum Gasteiger partial charge on any atom is -0.461 e. The lowest BCUT2D eigenvalue weighted by molar-refractivity contribution is 0.260. The highest BCUT2D eigenvalue weighted by atomic mass is 16.5. The molecule has 1 fully saturated rings. The lowest BCUT2D eigenvalue weighted by Crippen LogP contribution is -2.23. The first kappa shape index (κ1) is 15.1. The fourth-order valence-electron chi connectivity index (χ4n) is 3.42. The third kappa shape index (κ3) is 2.98. The van der Waals surface area contributed by atoms with Crippen molar-refractivity contribution in [1.29, 1.82) is 0 Å². The first-order chi connectivity index (χ1) is 11.8. The van der Waals surface area contributed by atoms with Crippen LogP contribution in [0.15, 0.2) is 57.7 Å². The highest BCUT2D eigenvalue weighted by Gasteiger charge is 2.33. The molecule has 0 amide bonds. The van der Waals surface area contributed by atoms with Crippen molar-refractivity contribution in [2.75, 3.05) is 19.6 Å². The van der Waals surface area contributed by atoms with Crippen molar-refractivity contribution >= 4 is 0 Å². The number of nitrogens with two attached hydrogens (primary N) is 1. The van der Waals surface area contributed by atoms with Crippen molar-refractivity contribution < 1.29 is 8.94 Å². The van der Waals surface area contributed by atoms with E-state index in [1.54, 1.807) is 6.26 Å². The average molecular weight is 324 g/mol. The molecular weight excluding hydrogens is 304 g/mol. The van der Waals surface area contributed by atoms with Crippen LogP contribution in [0.25, 0.3) is 11.6 Å². The molecule has 0 bridgehead atoms. The van der Waals surface area contributed by atoms with Gasteiger partial charge in [-0.15, -0.1) is 0 Å². The largest absolute Gasteiger partial charge is 0.461 e. The molecule has 124 valence electrons. The Labute approximate surface area is 140 Å². The van der Waals surface area contributed by atoms with E-state index in [1.165, 1.54) is 5.56 Å². The lowest BCUT2D eigenvalue weighted by atomic mass is 9.89. The van der Waals surface area contributed by atoms with Gasteiger partial charge in [0.2, 0.25) is 11.7 Å². The Kier molecular flexibility index (Phi) is 4.15. The van der Waals surface area contributed by atoms with Crippen LogP contribution in [0.3, 0.4) is 0 Å². The summed E-state index contributed by atoms with van der Waals surface area (Å²) in [7, 11) is 0. The van der Waals surface area contributed by atoms with Crippen molar-refractivity contribution in [2.45, 2.75) is 12.5 Å². The number of benzene rings is 1. The summed E-state index contributed by atoms with van der Waals surface area (Å²) < 4.78 is 10.7. The normalized spacial score (nSPS) is 21.4. The van der Waals surface area contributed by atoms with Crippen LogP contribution in [-0.4, -0.2) is 34.7 Å². The quantitative estimate of drug-likeness (QED) is 0.776. The molecule has 3 aromatic rings. The first-order valence-corrected chi connectivity index (χ1v) is 8.17. The van der Waals surface area contributed by atoms with Crippen molar-refractivity contribution in [3.05, 3.63) is 60.2 Å². The van der Waals surface area contributed by atoms with Crippen molar-refractivity contribution in [1.82, 2.24) is 15.0 Å². The van der Waals surface area contributed by atoms with Gasteiger partial charge in [-0.1, -0.05) is 35.5 Å². The fraction of sp³-hybridized carbons (Fsp3) is 0.333. The maximum Gasteiger partial charge on any atom is 0.241 e. The molecule has 4 rings (SSSR count). The minimum absolute atomic E-state index is 0.444. The zero-order valence-electron chi connectivity index (χ0n) is 13.3. The van der Waals surface area contributed by atoms with Gasteiger partial charge in [0.25, 0.3) is 0 Å². The van der Waals surface area contributed by atoms with Gasteiger partial charge in [0, 0.05) is 19.0 Å². The molecular formula is C18H20N4O2. The van der Waals surface area contributed by atoms with Crippen molar-refractivity contribution in [2.24, 2.45) is 11.7 Å². The summed E-state index contributed by atoms with van der Waals surface area (Å²) in [5.41, 5.74) is 7.34. The van der Waals surface area contributed by atoms with E-state index in [-0.39, 0.29) is 0 Å². The molecule has 24 heavy (non-hydrogen) atoms. The second kappa shape index (κ2) is 6.59. The highest BCUT2D eigenvalue weighted by Crippen LogP contribution is 2.32. The van der Waals surface area contributed by atoms with Crippen LogP contribution in [0, 0.1) is 5.92 Å². The minimum atomic E-state index is 0.444. The van der Waals surface area contributed by atoms with Gasteiger partial charge in [-0.2, -0.15) is 4.98 Å². The van der Waals surface area contributed by atoms with Gasteiger partial charge in [-0.3, -0.25) is 4.90 Å². The topological polar surface area (TPSA) is 81.3 Å². The van der Waals surface area contributed by atoms with Crippen molar-refractivity contribution in [3.8, 4) is 11.6 Å². The van der Waals surface area contributed by atoms with Gasteiger partial charge < -0.3 is 14.7 Å². The summed E-state index contributed by atoms with van der Waals surface area (Å²) in [6, 6.07) is 14.2. The molecule has 2 aromatic heterocycles. The van der Waals surface area contributed by atoms with E-state index in [2.05, 4.69) is 39.3 Å². The zero-order chi connectivity index (χ0) is 16.4. The molecule has 2 atom stereocenters.